The first-order valence-corrected chi connectivity index (χ1v) is 7.02. The zero-order chi connectivity index (χ0) is 16.3. The normalized spacial score (nSPS) is 21.0. The van der Waals surface area contributed by atoms with E-state index in [4.69, 9.17) is 5.11 Å². The number of benzene rings is 1. The first kappa shape index (κ1) is 16.2. The Labute approximate surface area is 126 Å². The fourth-order valence-corrected chi connectivity index (χ4v) is 2.49. The number of hydrogen-bond donors (Lipinski definition) is 2. The lowest BCUT2D eigenvalue weighted by Crippen LogP contribution is -2.41. The lowest BCUT2D eigenvalue weighted by Gasteiger charge is -2.20. The van der Waals surface area contributed by atoms with Crippen molar-refractivity contribution in [1.82, 2.24) is 10.2 Å². The van der Waals surface area contributed by atoms with Crippen molar-refractivity contribution in [3.8, 4) is 0 Å². The number of halogens is 2. The zero-order valence-electron chi connectivity index (χ0n) is 12.2. The van der Waals surface area contributed by atoms with Crippen LogP contribution in [0.25, 0.3) is 0 Å². The molecule has 5 nitrogen and oxygen atoms in total. The molecular formula is C15H18F2N2O3. The lowest BCUT2D eigenvalue weighted by atomic mass is 9.90. The molecule has 2 amide bonds. The summed E-state index contributed by atoms with van der Waals surface area (Å²) in [5.74, 6) is -2.22. The monoisotopic (exact) mass is 312 g/mol. The summed E-state index contributed by atoms with van der Waals surface area (Å²) < 4.78 is 26.9. The van der Waals surface area contributed by atoms with Crippen molar-refractivity contribution >= 4 is 12.0 Å². The molecule has 0 saturated carbocycles. The minimum absolute atomic E-state index is 0.0360. The van der Waals surface area contributed by atoms with Gasteiger partial charge in [0, 0.05) is 25.2 Å². The first-order chi connectivity index (χ1) is 10.3. The van der Waals surface area contributed by atoms with Crippen LogP contribution in [-0.4, -0.2) is 41.6 Å². The van der Waals surface area contributed by atoms with Gasteiger partial charge in [-0.3, -0.25) is 4.79 Å². The van der Waals surface area contributed by atoms with Crippen molar-refractivity contribution in [3.63, 3.8) is 0 Å². The second-order valence-corrected chi connectivity index (χ2v) is 5.72. The summed E-state index contributed by atoms with van der Waals surface area (Å²) in [7, 11) is 0. The topological polar surface area (TPSA) is 69.6 Å². The Kier molecular flexibility index (Phi) is 4.63. The highest BCUT2D eigenvalue weighted by molar-refractivity contribution is 5.79. The number of likely N-dealkylation sites (tertiary alicyclic amines) is 1. The van der Waals surface area contributed by atoms with Crippen molar-refractivity contribution in [2.45, 2.75) is 19.8 Å². The van der Waals surface area contributed by atoms with Crippen LogP contribution in [0.5, 0.6) is 0 Å². The maximum Gasteiger partial charge on any atom is 0.317 e. The van der Waals surface area contributed by atoms with Crippen LogP contribution in [0.3, 0.4) is 0 Å². The van der Waals surface area contributed by atoms with E-state index in [9.17, 15) is 18.4 Å². The number of carbonyl (C=O) groups excluding carboxylic acids is 1. The van der Waals surface area contributed by atoms with Crippen LogP contribution in [0.15, 0.2) is 18.2 Å². The molecule has 0 spiro atoms. The number of hydrogen-bond acceptors (Lipinski definition) is 2. The van der Waals surface area contributed by atoms with E-state index in [1.807, 2.05) is 0 Å². The standard InChI is InChI=1S/C15H18F2N2O3/c1-15(13(20)21)6-8-19(9-15)14(22)18-7-5-10-11(16)3-2-4-12(10)17/h2-4H,5-9H2,1H3,(H,18,22)(H,20,21). The van der Waals surface area contributed by atoms with E-state index in [2.05, 4.69) is 5.32 Å². The summed E-state index contributed by atoms with van der Waals surface area (Å²) in [5.41, 5.74) is -1.01. The number of carboxylic acid groups (broad SMARTS) is 1. The minimum Gasteiger partial charge on any atom is -0.481 e. The highest BCUT2D eigenvalue weighted by Gasteiger charge is 2.42. The second-order valence-electron chi connectivity index (χ2n) is 5.72. The zero-order valence-corrected chi connectivity index (χ0v) is 12.2. The molecule has 22 heavy (non-hydrogen) atoms. The second kappa shape index (κ2) is 6.29. The average molecular weight is 312 g/mol. The first-order valence-electron chi connectivity index (χ1n) is 7.02. The quantitative estimate of drug-likeness (QED) is 0.893. The number of rotatable bonds is 4. The summed E-state index contributed by atoms with van der Waals surface area (Å²) in [5, 5.41) is 11.7. The van der Waals surface area contributed by atoms with Gasteiger partial charge in [-0.1, -0.05) is 6.07 Å². The summed E-state index contributed by atoms with van der Waals surface area (Å²) in [6, 6.07) is 3.20. The smallest absolute Gasteiger partial charge is 0.317 e. The largest absolute Gasteiger partial charge is 0.481 e. The Morgan fingerprint density at radius 3 is 2.55 bits per heavy atom. The van der Waals surface area contributed by atoms with Gasteiger partial charge in [0.25, 0.3) is 0 Å². The molecule has 0 aromatic heterocycles. The van der Waals surface area contributed by atoms with Crippen LogP contribution in [-0.2, 0) is 11.2 Å². The van der Waals surface area contributed by atoms with E-state index in [1.165, 1.54) is 23.1 Å². The maximum atomic E-state index is 13.4. The van der Waals surface area contributed by atoms with Crippen LogP contribution >= 0.6 is 0 Å². The van der Waals surface area contributed by atoms with E-state index in [1.54, 1.807) is 6.92 Å². The van der Waals surface area contributed by atoms with Crippen molar-refractivity contribution in [2.75, 3.05) is 19.6 Å². The molecule has 7 heteroatoms. The fraction of sp³-hybridized carbons (Fsp3) is 0.467. The molecule has 0 bridgehead atoms. The van der Waals surface area contributed by atoms with Crippen molar-refractivity contribution < 1.29 is 23.5 Å². The Morgan fingerprint density at radius 1 is 1.36 bits per heavy atom. The van der Waals surface area contributed by atoms with E-state index in [-0.39, 0.29) is 25.1 Å². The number of urea groups is 1. The van der Waals surface area contributed by atoms with Crippen LogP contribution in [0, 0.1) is 17.0 Å². The molecule has 0 radical (unpaired) electrons. The number of amides is 2. The highest BCUT2D eigenvalue weighted by atomic mass is 19.1. The summed E-state index contributed by atoms with van der Waals surface area (Å²) >= 11 is 0. The number of carbonyl (C=O) groups is 2. The molecule has 2 rings (SSSR count). The Bertz CT molecular complexity index is 574. The van der Waals surface area contributed by atoms with Crippen molar-refractivity contribution in [3.05, 3.63) is 35.4 Å². The average Bonchev–Trinajstić information content (AvgIpc) is 2.86. The molecular weight excluding hydrogens is 294 g/mol. The minimum atomic E-state index is -0.936. The molecule has 1 fully saturated rings. The molecule has 1 aromatic carbocycles. The van der Waals surface area contributed by atoms with E-state index in [0.717, 1.165) is 0 Å². The molecule has 1 saturated heterocycles. The van der Waals surface area contributed by atoms with Crippen LogP contribution in [0.1, 0.15) is 18.9 Å². The SMILES string of the molecule is CC1(C(=O)O)CCN(C(=O)NCCc2c(F)cccc2F)C1. The summed E-state index contributed by atoms with van der Waals surface area (Å²) in [4.78, 5) is 24.5. The number of carboxylic acids is 1. The van der Waals surface area contributed by atoms with Crippen molar-refractivity contribution in [2.24, 2.45) is 5.41 Å². The molecule has 1 aliphatic heterocycles. The Hall–Kier alpha value is -2.18. The van der Waals surface area contributed by atoms with Gasteiger partial charge in [0.2, 0.25) is 0 Å². The van der Waals surface area contributed by atoms with Gasteiger partial charge in [-0.15, -0.1) is 0 Å². The van der Waals surface area contributed by atoms with Gasteiger partial charge in [0.15, 0.2) is 0 Å². The lowest BCUT2D eigenvalue weighted by molar-refractivity contribution is -0.146. The van der Waals surface area contributed by atoms with Gasteiger partial charge in [-0.05, 0) is 31.9 Å². The summed E-state index contributed by atoms with van der Waals surface area (Å²) in [6.07, 6.45) is 0.423. The molecule has 0 aliphatic carbocycles. The molecule has 120 valence electrons. The molecule has 1 aliphatic rings. The molecule has 2 N–H and O–H groups in total. The molecule has 1 atom stereocenters. The van der Waals surface area contributed by atoms with Crippen LogP contribution in [0.2, 0.25) is 0 Å². The third-order valence-corrected chi connectivity index (χ3v) is 3.99. The predicted octanol–water partition coefficient (Wildman–Crippen LogP) is 2.01. The van der Waals surface area contributed by atoms with Gasteiger partial charge >= 0.3 is 12.0 Å². The summed E-state index contributed by atoms with van der Waals surface area (Å²) in [6.45, 7) is 2.15. The number of aliphatic carboxylic acids is 1. The molecule has 1 heterocycles. The van der Waals surface area contributed by atoms with Gasteiger partial charge in [-0.25, -0.2) is 13.6 Å². The third-order valence-electron chi connectivity index (χ3n) is 3.99. The highest BCUT2D eigenvalue weighted by Crippen LogP contribution is 2.29. The van der Waals surface area contributed by atoms with Gasteiger partial charge in [0.05, 0.1) is 5.41 Å². The maximum absolute atomic E-state index is 13.4. The Balaban J connectivity index is 1.86. The van der Waals surface area contributed by atoms with Crippen LogP contribution < -0.4 is 5.32 Å². The van der Waals surface area contributed by atoms with E-state index >= 15 is 0 Å². The van der Waals surface area contributed by atoms with Gasteiger partial charge < -0.3 is 15.3 Å². The molecule has 1 aromatic rings. The van der Waals surface area contributed by atoms with Crippen LogP contribution in [0.4, 0.5) is 13.6 Å². The number of nitrogens with zero attached hydrogens (tertiary/aromatic N) is 1. The number of nitrogens with one attached hydrogen (secondary N) is 1. The van der Waals surface area contributed by atoms with Crippen molar-refractivity contribution in [1.29, 1.82) is 0 Å². The molecule has 1 unspecified atom stereocenters. The van der Waals surface area contributed by atoms with E-state index < -0.39 is 29.0 Å². The predicted molar refractivity (Wildman–Crippen MR) is 75.4 cm³/mol. The van der Waals surface area contributed by atoms with Gasteiger partial charge in [-0.2, -0.15) is 0 Å². The Morgan fingerprint density at radius 2 is 2.00 bits per heavy atom. The fourth-order valence-electron chi connectivity index (χ4n) is 2.49. The van der Waals surface area contributed by atoms with Gasteiger partial charge in [0.1, 0.15) is 11.6 Å². The third kappa shape index (κ3) is 3.35. The van der Waals surface area contributed by atoms with E-state index in [0.29, 0.717) is 13.0 Å².